The number of carbonyl (C=O) groups excluding carboxylic acids is 1. The van der Waals surface area contributed by atoms with Crippen LogP contribution in [0.5, 0.6) is 0 Å². The van der Waals surface area contributed by atoms with Crippen molar-refractivity contribution in [2.75, 3.05) is 11.9 Å². The second-order valence-electron chi connectivity index (χ2n) is 8.61. The van der Waals surface area contributed by atoms with Crippen molar-refractivity contribution in [3.8, 4) is 11.1 Å². The number of fused-ring (bicyclic) bond motifs is 2. The van der Waals surface area contributed by atoms with Crippen LogP contribution in [-0.4, -0.2) is 26.8 Å². The number of amides is 1. The third-order valence-electron chi connectivity index (χ3n) is 6.18. The van der Waals surface area contributed by atoms with Gasteiger partial charge in [0.2, 0.25) is 5.91 Å². The lowest BCUT2D eigenvalue weighted by atomic mass is 9.93. The van der Waals surface area contributed by atoms with Crippen LogP contribution >= 0.6 is 11.3 Å². The van der Waals surface area contributed by atoms with Gasteiger partial charge in [-0.3, -0.25) is 9.36 Å². The van der Waals surface area contributed by atoms with Crippen molar-refractivity contribution < 1.29 is 13.6 Å². The quantitative estimate of drug-likeness (QED) is 0.418. The minimum Gasteiger partial charge on any atom is -0.327 e. The van der Waals surface area contributed by atoms with Crippen molar-refractivity contribution in [2.24, 2.45) is 5.73 Å². The number of hydrogen-bond acceptors (Lipinski definition) is 5. The average Bonchev–Trinajstić information content (AvgIpc) is 3.39. The molecule has 1 aliphatic rings. The SMILES string of the molecule is Cc1cc(-c2ccc3sc(Cn4cnn(CC(CN)=C(F)F)c4=O)cc3c2)cc2c1NC(=O)CC2. The number of nitrogens with two attached hydrogens (primary N) is 1. The lowest BCUT2D eigenvalue weighted by Gasteiger charge is -2.20. The normalized spacial score (nSPS) is 13.1. The number of nitrogens with zero attached hydrogens (tertiary/aromatic N) is 3. The van der Waals surface area contributed by atoms with Gasteiger partial charge >= 0.3 is 5.69 Å². The van der Waals surface area contributed by atoms with Crippen LogP contribution in [0.4, 0.5) is 14.5 Å². The van der Waals surface area contributed by atoms with Gasteiger partial charge < -0.3 is 11.1 Å². The minimum atomic E-state index is -1.88. The van der Waals surface area contributed by atoms with E-state index in [2.05, 4.69) is 40.7 Å². The maximum atomic E-state index is 12.9. The van der Waals surface area contributed by atoms with Crippen LogP contribution in [0, 0.1) is 6.92 Å². The van der Waals surface area contributed by atoms with E-state index in [0.29, 0.717) is 13.0 Å². The summed E-state index contributed by atoms with van der Waals surface area (Å²) in [5, 5.41) is 7.99. The number of rotatable bonds is 6. The molecule has 3 heterocycles. The third-order valence-corrected chi connectivity index (χ3v) is 7.28. The first-order valence-electron chi connectivity index (χ1n) is 11.1. The van der Waals surface area contributed by atoms with Gasteiger partial charge in [0.05, 0.1) is 13.1 Å². The zero-order valence-corrected chi connectivity index (χ0v) is 19.8. The summed E-state index contributed by atoms with van der Waals surface area (Å²) in [5.74, 6) is 0.0519. The number of nitrogens with one attached hydrogen (secondary N) is 1. The number of aromatic nitrogens is 3. The molecular formula is C25H23F2N5O2S. The van der Waals surface area contributed by atoms with Crippen LogP contribution in [-0.2, 0) is 24.3 Å². The molecule has 2 aromatic carbocycles. The molecule has 0 aliphatic carbocycles. The standard InChI is InChI=1S/C25H23F2N5O2S/c1-14-6-17(8-16-3-5-22(33)30-23(14)16)15-2-4-21-18(7-15)9-20(35-21)12-31-13-29-32(25(31)34)11-19(10-28)24(26)27/h2,4,6-9,13H,3,5,10-12,28H2,1H3,(H,30,33). The second kappa shape index (κ2) is 9.20. The number of halogens is 2. The van der Waals surface area contributed by atoms with Crippen LogP contribution in [0.3, 0.4) is 0 Å². The van der Waals surface area contributed by atoms with E-state index in [1.54, 1.807) is 11.3 Å². The zero-order chi connectivity index (χ0) is 24.7. The molecule has 180 valence electrons. The van der Waals surface area contributed by atoms with Gasteiger partial charge in [0.1, 0.15) is 6.33 Å². The summed E-state index contributed by atoms with van der Waals surface area (Å²) in [6.07, 6.45) is 0.694. The Bertz CT molecular complexity index is 1550. The summed E-state index contributed by atoms with van der Waals surface area (Å²) in [4.78, 5) is 25.3. The van der Waals surface area contributed by atoms with Crippen LogP contribution in [0.2, 0.25) is 0 Å². The summed E-state index contributed by atoms with van der Waals surface area (Å²) >= 11 is 1.57. The highest BCUT2D eigenvalue weighted by Gasteiger charge is 2.18. The molecule has 0 radical (unpaired) electrons. The molecule has 35 heavy (non-hydrogen) atoms. The van der Waals surface area contributed by atoms with Gasteiger partial charge in [0, 0.05) is 33.8 Å². The van der Waals surface area contributed by atoms with Crippen LogP contribution in [0.25, 0.3) is 21.2 Å². The smallest absolute Gasteiger partial charge is 0.327 e. The summed E-state index contributed by atoms with van der Waals surface area (Å²) < 4.78 is 29.3. The lowest BCUT2D eigenvalue weighted by molar-refractivity contribution is -0.116. The molecule has 10 heteroatoms. The van der Waals surface area contributed by atoms with E-state index >= 15 is 0 Å². The Hall–Kier alpha value is -3.63. The van der Waals surface area contributed by atoms with Gasteiger partial charge in [0.15, 0.2) is 0 Å². The summed E-state index contributed by atoms with van der Waals surface area (Å²) in [7, 11) is 0. The molecule has 1 aliphatic heterocycles. The molecule has 3 N–H and O–H groups in total. The molecule has 0 saturated carbocycles. The first kappa shape index (κ1) is 23.1. The Morgan fingerprint density at radius 3 is 2.74 bits per heavy atom. The minimum absolute atomic E-state index is 0.0519. The number of hydrogen-bond donors (Lipinski definition) is 2. The van der Waals surface area contributed by atoms with E-state index in [9.17, 15) is 18.4 Å². The molecule has 0 unspecified atom stereocenters. The highest BCUT2D eigenvalue weighted by molar-refractivity contribution is 7.19. The van der Waals surface area contributed by atoms with Crippen LogP contribution < -0.4 is 16.7 Å². The van der Waals surface area contributed by atoms with Gasteiger partial charge in [-0.25, -0.2) is 9.48 Å². The Kier molecular flexibility index (Phi) is 6.08. The Morgan fingerprint density at radius 2 is 1.97 bits per heavy atom. The fraction of sp³-hybridized carbons (Fsp3) is 0.240. The van der Waals surface area contributed by atoms with Crippen molar-refractivity contribution in [3.05, 3.63) is 80.9 Å². The Balaban J connectivity index is 1.41. The highest BCUT2D eigenvalue weighted by atomic mass is 32.1. The molecule has 0 saturated heterocycles. The third kappa shape index (κ3) is 4.54. The summed E-state index contributed by atoms with van der Waals surface area (Å²) in [6.45, 7) is 1.63. The number of thiophene rings is 1. The molecule has 4 aromatic rings. The Morgan fingerprint density at radius 1 is 1.14 bits per heavy atom. The van der Waals surface area contributed by atoms with E-state index in [4.69, 9.17) is 5.73 Å². The molecule has 7 nitrogen and oxygen atoms in total. The van der Waals surface area contributed by atoms with Crippen LogP contribution in [0.1, 0.15) is 22.4 Å². The van der Waals surface area contributed by atoms with E-state index in [0.717, 1.165) is 54.0 Å². The number of benzene rings is 2. The van der Waals surface area contributed by atoms with E-state index < -0.39 is 11.8 Å². The van der Waals surface area contributed by atoms with Gasteiger partial charge in [-0.1, -0.05) is 6.07 Å². The first-order valence-corrected chi connectivity index (χ1v) is 12.0. The number of aryl methyl sites for hydroxylation is 2. The predicted molar refractivity (Wildman–Crippen MR) is 133 cm³/mol. The molecule has 0 fully saturated rings. The van der Waals surface area contributed by atoms with Crippen molar-refractivity contribution in [2.45, 2.75) is 32.9 Å². The Labute approximate surface area is 203 Å². The maximum absolute atomic E-state index is 12.9. The van der Waals surface area contributed by atoms with Crippen LogP contribution in [0.15, 0.2) is 59.2 Å². The van der Waals surface area contributed by atoms with Crippen molar-refractivity contribution >= 4 is 33.0 Å². The zero-order valence-electron chi connectivity index (χ0n) is 19.0. The first-order chi connectivity index (χ1) is 16.8. The van der Waals surface area contributed by atoms with Crippen molar-refractivity contribution in [1.29, 1.82) is 0 Å². The maximum Gasteiger partial charge on any atom is 0.346 e. The molecule has 0 atom stereocenters. The molecule has 0 bridgehead atoms. The molecular weight excluding hydrogens is 472 g/mol. The van der Waals surface area contributed by atoms with Gasteiger partial charge in [-0.2, -0.15) is 13.9 Å². The van der Waals surface area contributed by atoms with Gasteiger partial charge in [0.25, 0.3) is 6.08 Å². The van der Waals surface area contributed by atoms with Gasteiger partial charge in [-0.15, -0.1) is 11.3 Å². The summed E-state index contributed by atoms with van der Waals surface area (Å²) in [5.41, 5.74) is 9.82. The number of carbonyl (C=O) groups is 1. The molecule has 1 amide bonds. The molecule has 2 aromatic heterocycles. The van der Waals surface area contributed by atoms with E-state index in [-0.39, 0.29) is 24.6 Å². The largest absolute Gasteiger partial charge is 0.346 e. The van der Waals surface area contributed by atoms with Crippen molar-refractivity contribution in [1.82, 2.24) is 14.3 Å². The van der Waals surface area contributed by atoms with E-state index in [1.807, 2.05) is 13.0 Å². The van der Waals surface area contributed by atoms with Crippen molar-refractivity contribution in [3.63, 3.8) is 0 Å². The molecule has 5 rings (SSSR count). The van der Waals surface area contributed by atoms with E-state index in [1.165, 1.54) is 10.9 Å². The second-order valence-corrected chi connectivity index (χ2v) is 9.78. The summed E-state index contributed by atoms with van der Waals surface area (Å²) in [6, 6.07) is 12.5. The predicted octanol–water partition coefficient (Wildman–Crippen LogP) is 4.28. The topological polar surface area (TPSA) is 94.9 Å². The fourth-order valence-electron chi connectivity index (χ4n) is 4.35. The highest BCUT2D eigenvalue weighted by Crippen LogP contribution is 2.35. The fourth-order valence-corrected chi connectivity index (χ4v) is 5.39. The molecule has 0 spiro atoms. The van der Waals surface area contributed by atoms with Gasteiger partial charge in [-0.05, 0) is 71.3 Å². The average molecular weight is 496 g/mol. The lowest BCUT2D eigenvalue weighted by Crippen LogP contribution is -2.27. The monoisotopic (exact) mass is 495 g/mol. The number of anilines is 1.